The number of aromatic nitrogens is 3. The Morgan fingerprint density at radius 2 is 2.05 bits per heavy atom. The van der Waals surface area contributed by atoms with E-state index in [2.05, 4.69) is 26.3 Å². The SMILES string of the molecule is CCC(CC)C(=O)COCOC(=O)c1cccc2c1OB(O)[C@@H](NC(=O)Cn1cc(C(=O)N[C@H]3CCNC3)nn1)C2. The number of hydrogen-bond acceptors (Lipinski definition) is 11. The molecule has 2 aliphatic rings. The fourth-order valence-corrected chi connectivity index (χ4v) is 4.80. The number of benzene rings is 1. The van der Waals surface area contributed by atoms with Crippen LogP contribution < -0.4 is 20.6 Å². The maximum Gasteiger partial charge on any atom is 0.547 e. The first-order valence-electron chi connectivity index (χ1n) is 13.7. The van der Waals surface area contributed by atoms with Crippen LogP contribution in [0.2, 0.25) is 0 Å². The van der Waals surface area contributed by atoms with E-state index in [9.17, 15) is 24.2 Å². The number of nitrogens with one attached hydrogen (secondary N) is 3. The number of hydrogen-bond donors (Lipinski definition) is 4. The molecule has 2 aromatic rings. The molecule has 2 atom stereocenters. The molecule has 4 N–H and O–H groups in total. The van der Waals surface area contributed by atoms with Gasteiger partial charge in [0.25, 0.3) is 5.91 Å². The third kappa shape index (κ3) is 7.90. The molecule has 41 heavy (non-hydrogen) atoms. The zero-order valence-electron chi connectivity index (χ0n) is 23.1. The van der Waals surface area contributed by atoms with Crippen LogP contribution in [0.1, 0.15) is 59.5 Å². The fraction of sp³-hybridized carbons (Fsp3) is 0.538. The molecule has 2 amide bonds. The summed E-state index contributed by atoms with van der Waals surface area (Å²) in [5.74, 6) is -2.37. The summed E-state index contributed by atoms with van der Waals surface area (Å²) in [5.41, 5.74) is 0.770. The van der Waals surface area contributed by atoms with Crippen LogP contribution in [0.25, 0.3) is 0 Å². The number of rotatable bonds is 13. The molecule has 220 valence electrons. The van der Waals surface area contributed by atoms with E-state index >= 15 is 0 Å². The molecule has 2 aliphatic heterocycles. The average molecular weight is 570 g/mol. The van der Waals surface area contributed by atoms with Crippen LogP contribution in [-0.4, -0.2) is 89.2 Å². The number of fused-ring (bicyclic) bond motifs is 1. The van der Waals surface area contributed by atoms with Crippen molar-refractivity contribution in [1.29, 1.82) is 0 Å². The molecular weight excluding hydrogens is 535 g/mol. The molecule has 3 heterocycles. The predicted molar refractivity (Wildman–Crippen MR) is 145 cm³/mol. The number of esters is 1. The van der Waals surface area contributed by atoms with E-state index in [1.807, 2.05) is 13.8 Å². The highest BCUT2D eigenvalue weighted by Crippen LogP contribution is 2.30. The van der Waals surface area contributed by atoms with E-state index < -0.39 is 31.7 Å². The average Bonchev–Trinajstić information content (AvgIpc) is 3.64. The van der Waals surface area contributed by atoms with Gasteiger partial charge in [-0.2, -0.15) is 0 Å². The van der Waals surface area contributed by atoms with E-state index in [1.54, 1.807) is 12.1 Å². The molecule has 0 spiro atoms. The Labute approximate surface area is 237 Å². The molecule has 1 saturated heterocycles. The lowest BCUT2D eigenvalue weighted by Crippen LogP contribution is -2.53. The van der Waals surface area contributed by atoms with Crippen LogP contribution in [0.15, 0.2) is 24.4 Å². The lowest BCUT2D eigenvalue weighted by Gasteiger charge is -2.29. The van der Waals surface area contributed by atoms with Gasteiger partial charge < -0.3 is 35.1 Å². The van der Waals surface area contributed by atoms with Gasteiger partial charge in [-0.3, -0.25) is 14.4 Å². The zero-order valence-corrected chi connectivity index (χ0v) is 23.1. The lowest BCUT2D eigenvalue weighted by atomic mass is 9.72. The van der Waals surface area contributed by atoms with Crippen molar-refractivity contribution in [3.8, 4) is 5.75 Å². The number of ether oxygens (including phenoxy) is 2. The lowest BCUT2D eigenvalue weighted by molar-refractivity contribution is -0.131. The van der Waals surface area contributed by atoms with Gasteiger partial charge in [0.05, 0.1) is 12.1 Å². The second-order valence-electron chi connectivity index (χ2n) is 10.0. The number of amides is 2. The van der Waals surface area contributed by atoms with E-state index in [0.29, 0.717) is 24.9 Å². The van der Waals surface area contributed by atoms with Crippen LogP contribution in [0.3, 0.4) is 0 Å². The number of para-hydroxylation sites is 1. The summed E-state index contributed by atoms with van der Waals surface area (Å²) in [6.45, 7) is 4.60. The van der Waals surface area contributed by atoms with Gasteiger partial charge >= 0.3 is 13.1 Å². The summed E-state index contributed by atoms with van der Waals surface area (Å²) in [5, 5.41) is 27.0. The molecular formula is C26H35BN6O8. The number of Topliss-reactive ketones (excluding diaryl/α,β-unsaturated/α-hetero) is 1. The molecule has 15 heteroatoms. The van der Waals surface area contributed by atoms with E-state index in [1.165, 1.54) is 16.9 Å². The minimum Gasteiger partial charge on any atom is -0.534 e. The van der Waals surface area contributed by atoms with Crippen LogP contribution in [0.4, 0.5) is 0 Å². The zero-order chi connectivity index (χ0) is 29.4. The second-order valence-corrected chi connectivity index (χ2v) is 10.0. The topological polar surface area (TPSA) is 183 Å². The van der Waals surface area contributed by atoms with Gasteiger partial charge in [-0.15, -0.1) is 5.10 Å². The third-order valence-corrected chi connectivity index (χ3v) is 7.12. The molecule has 14 nitrogen and oxygen atoms in total. The van der Waals surface area contributed by atoms with Gasteiger partial charge in [0, 0.05) is 18.5 Å². The summed E-state index contributed by atoms with van der Waals surface area (Å²) in [4.78, 5) is 49.7. The standard InChI is InChI=1S/C26H35BN6O8/c1-3-16(4-2)21(34)14-39-15-40-26(37)19-7-5-6-17-10-22(27(38)41-24(17)19)30-23(35)13-33-12-20(31-32-33)25(36)29-18-8-9-28-11-18/h5-7,12,16,18,22,28,38H,3-4,8-11,13-15H2,1-2H3,(H,29,36)(H,30,35)/t18-,22-/m0/s1. The van der Waals surface area contributed by atoms with Gasteiger partial charge in [0.2, 0.25) is 5.91 Å². The van der Waals surface area contributed by atoms with Crippen molar-refractivity contribution >= 4 is 30.7 Å². The van der Waals surface area contributed by atoms with Crippen LogP contribution >= 0.6 is 0 Å². The number of carbonyl (C=O) groups is 4. The molecule has 1 aromatic heterocycles. The minimum atomic E-state index is -1.44. The number of carbonyl (C=O) groups excluding carboxylic acids is 4. The highest BCUT2D eigenvalue weighted by Gasteiger charge is 2.38. The number of nitrogens with zero attached hydrogens (tertiary/aromatic N) is 3. The summed E-state index contributed by atoms with van der Waals surface area (Å²) in [6.07, 6.45) is 3.83. The van der Waals surface area contributed by atoms with Crippen molar-refractivity contribution in [2.45, 2.75) is 58.1 Å². The molecule has 0 unspecified atom stereocenters. The van der Waals surface area contributed by atoms with Crippen molar-refractivity contribution < 1.29 is 38.3 Å². The minimum absolute atomic E-state index is 0.0252. The first kappa shape index (κ1) is 30.2. The first-order chi connectivity index (χ1) is 19.8. The molecule has 1 aromatic carbocycles. The molecule has 4 rings (SSSR count). The summed E-state index contributed by atoms with van der Waals surface area (Å²) >= 11 is 0. The smallest absolute Gasteiger partial charge is 0.534 e. The molecule has 0 saturated carbocycles. The summed E-state index contributed by atoms with van der Waals surface area (Å²) in [7, 11) is -1.44. The Balaban J connectivity index is 1.28. The monoisotopic (exact) mass is 570 g/mol. The van der Waals surface area contributed by atoms with Gasteiger partial charge in [-0.05, 0) is 43.9 Å². The van der Waals surface area contributed by atoms with Gasteiger partial charge in [-0.25, -0.2) is 9.48 Å². The Kier molecular flexibility index (Phi) is 10.4. The second kappa shape index (κ2) is 14.2. The Bertz CT molecular complexity index is 1250. The maximum absolute atomic E-state index is 12.7. The van der Waals surface area contributed by atoms with Crippen LogP contribution in [0.5, 0.6) is 5.75 Å². The van der Waals surface area contributed by atoms with Crippen molar-refractivity contribution in [3.63, 3.8) is 0 Å². The Hall–Kier alpha value is -3.82. The van der Waals surface area contributed by atoms with Crippen LogP contribution in [-0.2, 0) is 32.0 Å². The highest BCUT2D eigenvalue weighted by molar-refractivity contribution is 6.47. The van der Waals surface area contributed by atoms with Gasteiger partial charge in [-0.1, -0.05) is 31.2 Å². The summed E-state index contributed by atoms with van der Waals surface area (Å²) in [6, 6.07) is 4.86. The van der Waals surface area contributed by atoms with E-state index in [0.717, 1.165) is 13.0 Å². The fourth-order valence-electron chi connectivity index (χ4n) is 4.80. The maximum atomic E-state index is 12.7. The van der Waals surface area contributed by atoms with E-state index in [4.69, 9.17) is 14.1 Å². The molecule has 1 fully saturated rings. The van der Waals surface area contributed by atoms with Crippen molar-refractivity contribution in [3.05, 3.63) is 41.2 Å². The highest BCUT2D eigenvalue weighted by atomic mass is 16.7. The third-order valence-electron chi connectivity index (χ3n) is 7.12. The predicted octanol–water partition coefficient (Wildman–Crippen LogP) is -0.354. The molecule has 0 bridgehead atoms. The van der Waals surface area contributed by atoms with Crippen molar-refractivity contribution in [2.75, 3.05) is 26.5 Å². The molecule has 0 radical (unpaired) electrons. The summed E-state index contributed by atoms with van der Waals surface area (Å²) < 4.78 is 17.2. The van der Waals surface area contributed by atoms with Gasteiger partial charge in [0.15, 0.2) is 18.3 Å². The van der Waals surface area contributed by atoms with Crippen molar-refractivity contribution in [2.24, 2.45) is 5.92 Å². The Morgan fingerprint density at radius 1 is 1.24 bits per heavy atom. The quantitative estimate of drug-likeness (QED) is 0.107. The van der Waals surface area contributed by atoms with Crippen LogP contribution in [0, 0.1) is 5.92 Å². The Morgan fingerprint density at radius 3 is 2.78 bits per heavy atom. The normalized spacial score (nSPS) is 18.0. The van der Waals surface area contributed by atoms with Gasteiger partial charge in [0.1, 0.15) is 24.5 Å². The van der Waals surface area contributed by atoms with E-state index in [-0.39, 0.29) is 60.2 Å². The largest absolute Gasteiger partial charge is 0.547 e. The number of ketones is 1. The first-order valence-corrected chi connectivity index (χ1v) is 13.7. The molecule has 0 aliphatic carbocycles. The van der Waals surface area contributed by atoms with Crippen molar-refractivity contribution in [1.82, 2.24) is 30.9 Å².